The maximum absolute atomic E-state index is 8.36. The minimum atomic E-state index is -0.250. The molecule has 1 aliphatic carbocycles. The van der Waals surface area contributed by atoms with Crippen molar-refractivity contribution in [1.29, 1.82) is 0 Å². The molecule has 0 heterocycles. The molecule has 2 heteroatoms. The third-order valence-electron chi connectivity index (χ3n) is 2.59. The molecule has 0 aromatic rings. The largest absolute Gasteiger partial charge is 0.483 e. The molecule has 0 bridgehead atoms. The van der Waals surface area contributed by atoms with E-state index in [1.807, 2.05) is 0 Å². The van der Waals surface area contributed by atoms with Gasteiger partial charge in [0.1, 0.15) is 0 Å². The van der Waals surface area contributed by atoms with Crippen molar-refractivity contribution in [3.05, 3.63) is 0 Å². The van der Waals surface area contributed by atoms with Crippen LogP contribution in [0.2, 0.25) is 0 Å². The van der Waals surface area contributed by atoms with Gasteiger partial charge in [0.15, 0.2) is 0 Å². The van der Waals surface area contributed by atoms with Crippen LogP contribution in [-0.2, 0) is 4.79 Å². The van der Waals surface area contributed by atoms with Gasteiger partial charge in [-0.05, 0) is 17.3 Å². The third kappa shape index (κ3) is 2.01. The summed E-state index contributed by atoms with van der Waals surface area (Å²) in [7, 11) is 0. The Hall–Kier alpha value is -0.530. The van der Waals surface area contributed by atoms with Gasteiger partial charge < -0.3 is 5.11 Å². The van der Waals surface area contributed by atoms with E-state index >= 15 is 0 Å². The first-order valence-electron chi connectivity index (χ1n) is 3.45. The van der Waals surface area contributed by atoms with Crippen LogP contribution in [0.4, 0.5) is 0 Å². The highest BCUT2D eigenvalue weighted by atomic mass is 16.3. The third-order valence-corrected chi connectivity index (χ3v) is 2.59. The van der Waals surface area contributed by atoms with Crippen LogP contribution < -0.4 is 0 Å². The van der Waals surface area contributed by atoms with Crippen LogP contribution in [0.1, 0.15) is 34.1 Å². The average Bonchev–Trinajstić information content (AvgIpc) is 2.04. The van der Waals surface area contributed by atoms with Crippen LogP contribution in [0.5, 0.6) is 0 Å². The molecule has 1 rings (SSSR count). The van der Waals surface area contributed by atoms with Crippen LogP contribution in [0, 0.1) is 10.8 Å². The van der Waals surface area contributed by atoms with Crippen LogP contribution in [0.3, 0.4) is 0 Å². The van der Waals surface area contributed by atoms with E-state index in [0.29, 0.717) is 10.8 Å². The summed E-state index contributed by atoms with van der Waals surface area (Å²) in [4.78, 5) is 8.36. The second-order valence-electron chi connectivity index (χ2n) is 4.05. The molecule has 0 amide bonds. The van der Waals surface area contributed by atoms with E-state index in [0.717, 1.165) is 0 Å². The van der Waals surface area contributed by atoms with E-state index in [1.54, 1.807) is 0 Å². The van der Waals surface area contributed by atoms with Crippen molar-refractivity contribution in [2.75, 3.05) is 0 Å². The summed E-state index contributed by atoms with van der Waals surface area (Å²) in [6, 6.07) is 0. The summed E-state index contributed by atoms with van der Waals surface area (Å²) in [5.41, 5.74) is 1.29. The molecule has 1 N–H and O–H groups in total. The van der Waals surface area contributed by atoms with Crippen molar-refractivity contribution in [2.45, 2.75) is 34.1 Å². The van der Waals surface area contributed by atoms with Crippen LogP contribution in [0.15, 0.2) is 0 Å². The fourth-order valence-corrected chi connectivity index (χ4v) is 1.06. The van der Waals surface area contributed by atoms with E-state index < -0.39 is 0 Å². The number of hydrogen-bond acceptors (Lipinski definition) is 1. The zero-order chi connectivity index (χ0) is 8.41. The number of carbonyl (C=O) groups is 1. The SMILES string of the molecule is CC1(C)CC1(C)C.O=CO. The molecule has 60 valence electrons. The first-order chi connectivity index (χ1) is 4.37. The van der Waals surface area contributed by atoms with Gasteiger partial charge in [-0.1, -0.05) is 27.7 Å². The zero-order valence-corrected chi connectivity index (χ0v) is 7.14. The summed E-state index contributed by atoms with van der Waals surface area (Å²) in [6.07, 6.45) is 1.40. The summed E-state index contributed by atoms with van der Waals surface area (Å²) >= 11 is 0. The lowest BCUT2D eigenvalue weighted by molar-refractivity contribution is -0.122. The van der Waals surface area contributed by atoms with E-state index in [9.17, 15) is 0 Å². The molecule has 0 aromatic heterocycles. The van der Waals surface area contributed by atoms with Crippen molar-refractivity contribution in [2.24, 2.45) is 10.8 Å². The van der Waals surface area contributed by atoms with Crippen LogP contribution >= 0.6 is 0 Å². The second-order valence-corrected chi connectivity index (χ2v) is 4.05. The molecule has 0 radical (unpaired) electrons. The van der Waals surface area contributed by atoms with Gasteiger partial charge in [-0.3, -0.25) is 4.79 Å². The Morgan fingerprint density at radius 1 is 1.20 bits per heavy atom. The lowest BCUT2D eigenvalue weighted by atomic mass is 10.0. The highest BCUT2D eigenvalue weighted by Crippen LogP contribution is 2.62. The summed E-state index contributed by atoms with van der Waals surface area (Å²) < 4.78 is 0. The Morgan fingerprint density at radius 3 is 1.30 bits per heavy atom. The van der Waals surface area contributed by atoms with Crippen LogP contribution in [-0.4, -0.2) is 11.6 Å². The molecule has 1 saturated carbocycles. The van der Waals surface area contributed by atoms with Crippen molar-refractivity contribution < 1.29 is 9.90 Å². The topological polar surface area (TPSA) is 37.3 Å². The minimum Gasteiger partial charge on any atom is -0.483 e. The van der Waals surface area contributed by atoms with E-state index in [1.165, 1.54) is 6.42 Å². The van der Waals surface area contributed by atoms with Gasteiger partial charge in [0.2, 0.25) is 0 Å². The molecule has 1 aliphatic rings. The molecule has 0 aromatic carbocycles. The molecule has 1 fully saturated rings. The zero-order valence-electron chi connectivity index (χ0n) is 7.14. The summed E-state index contributed by atoms with van der Waals surface area (Å²) in [5.74, 6) is 0. The average molecular weight is 144 g/mol. The number of carboxylic acid groups (broad SMARTS) is 1. The molecular formula is C8H16O2. The number of hydrogen-bond donors (Lipinski definition) is 1. The minimum absolute atomic E-state index is 0.250. The van der Waals surface area contributed by atoms with E-state index in [4.69, 9.17) is 9.90 Å². The maximum Gasteiger partial charge on any atom is 0.290 e. The molecule has 10 heavy (non-hydrogen) atoms. The second kappa shape index (κ2) is 2.60. The lowest BCUT2D eigenvalue weighted by Crippen LogP contribution is -1.95. The predicted molar refractivity (Wildman–Crippen MR) is 40.9 cm³/mol. The number of rotatable bonds is 0. The van der Waals surface area contributed by atoms with Gasteiger partial charge in [0.25, 0.3) is 6.47 Å². The van der Waals surface area contributed by atoms with Crippen molar-refractivity contribution in [3.8, 4) is 0 Å². The first kappa shape index (κ1) is 9.47. The Bertz CT molecular complexity index is 113. The van der Waals surface area contributed by atoms with E-state index in [-0.39, 0.29) is 6.47 Å². The van der Waals surface area contributed by atoms with Gasteiger partial charge >= 0.3 is 0 Å². The van der Waals surface area contributed by atoms with Crippen LogP contribution in [0.25, 0.3) is 0 Å². The quantitative estimate of drug-likeness (QED) is 0.529. The highest BCUT2D eigenvalue weighted by molar-refractivity contribution is 5.32. The lowest BCUT2D eigenvalue weighted by Gasteiger charge is -2.04. The Kier molecular flexibility index (Phi) is 2.47. The summed E-state index contributed by atoms with van der Waals surface area (Å²) in [5, 5.41) is 6.89. The molecule has 0 spiro atoms. The first-order valence-corrected chi connectivity index (χ1v) is 3.45. The fraction of sp³-hybridized carbons (Fsp3) is 0.875. The molecule has 0 aliphatic heterocycles. The Balaban J connectivity index is 0.000000236. The van der Waals surface area contributed by atoms with Gasteiger partial charge in [-0.2, -0.15) is 0 Å². The van der Waals surface area contributed by atoms with Crippen molar-refractivity contribution >= 4 is 6.47 Å². The monoisotopic (exact) mass is 144 g/mol. The smallest absolute Gasteiger partial charge is 0.290 e. The summed E-state index contributed by atoms with van der Waals surface area (Å²) in [6.45, 7) is 9.06. The van der Waals surface area contributed by atoms with Gasteiger partial charge in [0.05, 0.1) is 0 Å². The van der Waals surface area contributed by atoms with Crippen molar-refractivity contribution in [3.63, 3.8) is 0 Å². The van der Waals surface area contributed by atoms with Gasteiger partial charge in [0, 0.05) is 0 Å². The molecule has 0 unspecified atom stereocenters. The molecular weight excluding hydrogens is 128 g/mol. The van der Waals surface area contributed by atoms with Crippen molar-refractivity contribution in [1.82, 2.24) is 0 Å². The normalized spacial score (nSPS) is 24.0. The van der Waals surface area contributed by atoms with E-state index in [2.05, 4.69) is 27.7 Å². The molecule has 0 saturated heterocycles. The Morgan fingerprint density at radius 2 is 1.30 bits per heavy atom. The fourth-order valence-electron chi connectivity index (χ4n) is 1.06. The molecule has 0 atom stereocenters. The standard InChI is InChI=1S/C7H14.CH2O2/c1-6(2)5-7(6,3)4;2-1-3/h5H2,1-4H3;1H,(H,2,3). The predicted octanol–water partition coefficient (Wildman–Crippen LogP) is 2.14. The maximum atomic E-state index is 8.36. The Labute approximate surface area is 62.2 Å². The van der Waals surface area contributed by atoms with Gasteiger partial charge in [-0.25, -0.2) is 0 Å². The van der Waals surface area contributed by atoms with Gasteiger partial charge in [-0.15, -0.1) is 0 Å². The highest BCUT2D eigenvalue weighted by Gasteiger charge is 2.53. The molecule has 2 nitrogen and oxygen atoms in total.